The maximum atomic E-state index is 5.53. The molecule has 0 radical (unpaired) electrons. The van der Waals surface area contributed by atoms with Gasteiger partial charge in [-0.3, -0.25) is 0 Å². The van der Waals surface area contributed by atoms with Gasteiger partial charge in [-0.1, -0.05) is 54.6 Å². The fraction of sp³-hybridized carbons (Fsp3) is 0.320. The van der Waals surface area contributed by atoms with Gasteiger partial charge in [-0.15, -0.1) is 0 Å². The molecule has 0 aliphatic carbocycles. The number of nitrogens with two attached hydrogens (primary N) is 2. The smallest absolute Gasteiger partial charge is 0.0709 e. The van der Waals surface area contributed by atoms with Gasteiger partial charge in [0, 0.05) is 24.2 Å². The highest BCUT2D eigenvalue weighted by atomic mass is 14.9. The highest BCUT2D eigenvalue weighted by Gasteiger charge is 2.04. The van der Waals surface area contributed by atoms with Crippen molar-refractivity contribution in [1.82, 2.24) is 15.6 Å². The minimum atomic E-state index is 0.725. The molecule has 0 saturated carbocycles. The van der Waals surface area contributed by atoms with Crippen molar-refractivity contribution in [2.45, 2.75) is 25.9 Å². The third kappa shape index (κ3) is 6.75. The normalized spacial score (nSPS) is 11.0. The van der Waals surface area contributed by atoms with Crippen LogP contribution in [0, 0.1) is 0 Å². The molecule has 0 saturated heterocycles. The molecular formula is C25H33N5. The first kappa shape index (κ1) is 22.1. The molecule has 5 heteroatoms. The maximum Gasteiger partial charge on any atom is 0.0709 e. The summed E-state index contributed by atoms with van der Waals surface area (Å²) in [6.45, 7) is 5.07. The first-order valence-corrected chi connectivity index (χ1v) is 10.8. The second-order valence-electron chi connectivity index (χ2n) is 7.44. The van der Waals surface area contributed by atoms with Gasteiger partial charge in [0.05, 0.1) is 11.4 Å². The molecule has 0 atom stereocenters. The number of rotatable bonds is 12. The fourth-order valence-electron chi connectivity index (χ4n) is 3.26. The molecular weight excluding hydrogens is 370 g/mol. The molecule has 3 rings (SSSR count). The molecule has 0 unspecified atom stereocenters. The van der Waals surface area contributed by atoms with E-state index in [1.807, 2.05) is 0 Å². The van der Waals surface area contributed by atoms with Crippen LogP contribution in [0.1, 0.15) is 24.0 Å². The molecule has 0 amide bonds. The average Bonchev–Trinajstić information content (AvgIpc) is 2.80. The number of hydrogen-bond donors (Lipinski definition) is 4. The van der Waals surface area contributed by atoms with E-state index < -0.39 is 0 Å². The molecule has 5 nitrogen and oxygen atoms in total. The molecule has 1 heterocycles. The summed E-state index contributed by atoms with van der Waals surface area (Å²) in [5.74, 6) is 0. The summed E-state index contributed by atoms with van der Waals surface area (Å²) < 4.78 is 0. The molecule has 2 aromatic carbocycles. The molecule has 3 aromatic rings. The van der Waals surface area contributed by atoms with Gasteiger partial charge in [-0.05, 0) is 62.3 Å². The van der Waals surface area contributed by atoms with E-state index in [-0.39, 0.29) is 0 Å². The lowest BCUT2D eigenvalue weighted by molar-refractivity contribution is 0.655. The van der Waals surface area contributed by atoms with Crippen LogP contribution in [-0.2, 0) is 13.1 Å². The standard InChI is InChI=1S/C25H33N5/c26-14-2-16-28-18-20-6-10-22(11-7-20)24-4-1-5-25(30-24)23-12-8-21(9-13-23)19-29-17-3-15-27/h1,4-13,28-29H,2-3,14-19,26-27H2. The topological polar surface area (TPSA) is 89.0 Å². The lowest BCUT2D eigenvalue weighted by Gasteiger charge is -2.08. The zero-order chi connectivity index (χ0) is 21.0. The van der Waals surface area contributed by atoms with Gasteiger partial charge >= 0.3 is 0 Å². The van der Waals surface area contributed by atoms with Crippen LogP contribution in [0.3, 0.4) is 0 Å². The van der Waals surface area contributed by atoms with Crippen LogP contribution >= 0.6 is 0 Å². The minimum absolute atomic E-state index is 0.725. The predicted molar refractivity (Wildman–Crippen MR) is 126 cm³/mol. The molecule has 1 aromatic heterocycles. The fourth-order valence-corrected chi connectivity index (χ4v) is 3.26. The van der Waals surface area contributed by atoms with E-state index in [0.717, 1.165) is 74.6 Å². The second-order valence-corrected chi connectivity index (χ2v) is 7.44. The third-order valence-electron chi connectivity index (χ3n) is 5.02. The van der Waals surface area contributed by atoms with E-state index in [1.165, 1.54) is 11.1 Å². The van der Waals surface area contributed by atoms with Gasteiger partial charge in [0.25, 0.3) is 0 Å². The Kier molecular flexibility index (Phi) is 9.00. The van der Waals surface area contributed by atoms with Gasteiger partial charge < -0.3 is 22.1 Å². The SMILES string of the molecule is NCCCNCc1ccc(-c2cccc(-c3ccc(CNCCCN)cc3)n2)cc1. The summed E-state index contributed by atoms with van der Waals surface area (Å²) >= 11 is 0. The zero-order valence-corrected chi connectivity index (χ0v) is 17.6. The van der Waals surface area contributed by atoms with E-state index in [1.54, 1.807) is 0 Å². The third-order valence-corrected chi connectivity index (χ3v) is 5.02. The van der Waals surface area contributed by atoms with Gasteiger partial charge in [0.1, 0.15) is 0 Å². The largest absolute Gasteiger partial charge is 0.330 e. The Labute approximate surface area is 179 Å². The molecule has 0 aliphatic rings. The monoisotopic (exact) mass is 403 g/mol. The van der Waals surface area contributed by atoms with E-state index >= 15 is 0 Å². The molecule has 0 fully saturated rings. The van der Waals surface area contributed by atoms with Crippen molar-refractivity contribution in [1.29, 1.82) is 0 Å². The summed E-state index contributed by atoms with van der Waals surface area (Å²) in [5, 5.41) is 6.82. The Morgan fingerprint density at radius 1 is 0.600 bits per heavy atom. The lowest BCUT2D eigenvalue weighted by Crippen LogP contribution is -2.17. The minimum Gasteiger partial charge on any atom is -0.330 e. The van der Waals surface area contributed by atoms with Crippen LogP contribution < -0.4 is 22.1 Å². The zero-order valence-electron chi connectivity index (χ0n) is 17.6. The Hall–Kier alpha value is -2.57. The van der Waals surface area contributed by atoms with E-state index in [0.29, 0.717) is 0 Å². The van der Waals surface area contributed by atoms with Gasteiger partial charge in [0.2, 0.25) is 0 Å². The number of pyridine rings is 1. The van der Waals surface area contributed by atoms with Crippen molar-refractivity contribution in [3.8, 4) is 22.5 Å². The van der Waals surface area contributed by atoms with E-state index in [4.69, 9.17) is 16.5 Å². The summed E-state index contributed by atoms with van der Waals surface area (Å²) in [6.07, 6.45) is 2.00. The van der Waals surface area contributed by atoms with Crippen molar-refractivity contribution in [3.63, 3.8) is 0 Å². The highest BCUT2D eigenvalue weighted by Crippen LogP contribution is 2.23. The first-order chi connectivity index (χ1) is 14.8. The average molecular weight is 404 g/mol. The lowest BCUT2D eigenvalue weighted by atomic mass is 10.1. The summed E-state index contributed by atoms with van der Waals surface area (Å²) in [4.78, 5) is 4.89. The van der Waals surface area contributed by atoms with Crippen molar-refractivity contribution in [3.05, 3.63) is 77.9 Å². The van der Waals surface area contributed by atoms with E-state index in [2.05, 4.69) is 77.4 Å². The second kappa shape index (κ2) is 12.2. The van der Waals surface area contributed by atoms with Gasteiger partial charge in [0.15, 0.2) is 0 Å². The van der Waals surface area contributed by atoms with E-state index in [9.17, 15) is 0 Å². The Morgan fingerprint density at radius 2 is 1.03 bits per heavy atom. The van der Waals surface area contributed by atoms with Crippen molar-refractivity contribution in [2.24, 2.45) is 11.5 Å². The summed E-state index contributed by atoms with van der Waals surface area (Å²) in [6, 6.07) is 23.4. The highest BCUT2D eigenvalue weighted by molar-refractivity contribution is 5.66. The molecule has 158 valence electrons. The number of nitrogens with zero attached hydrogens (tertiary/aromatic N) is 1. The molecule has 0 bridgehead atoms. The molecule has 0 aliphatic heterocycles. The maximum absolute atomic E-state index is 5.53. The van der Waals surface area contributed by atoms with Crippen LogP contribution in [0.15, 0.2) is 66.7 Å². The number of hydrogen-bond acceptors (Lipinski definition) is 5. The predicted octanol–water partition coefficient (Wildman–Crippen LogP) is 3.29. The Balaban J connectivity index is 1.63. The molecule has 30 heavy (non-hydrogen) atoms. The number of benzene rings is 2. The number of aromatic nitrogens is 1. The van der Waals surface area contributed by atoms with Gasteiger partial charge in [-0.2, -0.15) is 0 Å². The Bertz CT molecular complexity index is 804. The quantitative estimate of drug-likeness (QED) is 0.349. The van der Waals surface area contributed by atoms with Crippen molar-refractivity contribution < 1.29 is 0 Å². The van der Waals surface area contributed by atoms with Crippen LogP contribution in [0.4, 0.5) is 0 Å². The van der Waals surface area contributed by atoms with Crippen LogP contribution in [0.2, 0.25) is 0 Å². The van der Waals surface area contributed by atoms with Crippen molar-refractivity contribution in [2.75, 3.05) is 26.2 Å². The summed E-state index contributed by atoms with van der Waals surface area (Å²) in [5.41, 5.74) is 17.8. The van der Waals surface area contributed by atoms with Crippen molar-refractivity contribution >= 4 is 0 Å². The molecule has 6 N–H and O–H groups in total. The van der Waals surface area contributed by atoms with Crippen LogP contribution in [0.25, 0.3) is 22.5 Å². The van der Waals surface area contributed by atoms with Crippen LogP contribution in [0.5, 0.6) is 0 Å². The first-order valence-electron chi connectivity index (χ1n) is 10.8. The Morgan fingerprint density at radius 3 is 1.43 bits per heavy atom. The van der Waals surface area contributed by atoms with Gasteiger partial charge in [-0.25, -0.2) is 4.98 Å². The molecule has 0 spiro atoms. The summed E-state index contributed by atoms with van der Waals surface area (Å²) in [7, 11) is 0. The van der Waals surface area contributed by atoms with Crippen LogP contribution in [-0.4, -0.2) is 31.2 Å². The number of nitrogens with one attached hydrogen (secondary N) is 2.